The van der Waals surface area contributed by atoms with Crippen LogP contribution in [0.3, 0.4) is 0 Å². The smallest absolute Gasteiger partial charge is 0.383 e. The van der Waals surface area contributed by atoms with Gasteiger partial charge < -0.3 is 10.1 Å². The van der Waals surface area contributed by atoms with Crippen molar-refractivity contribution in [2.24, 2.45) is 5.92 Å². The minimum Gasteiger partial charge on any atom is -0.383 e. The lowest BCUT2D eigenvalue weighted by Crippen LogP contribution is -2.60. The summed E-state index contributed by atoms with van der Waals surface area (Å²) in [6.07, 6.45) is -1.11. The highest BCUT2D eigenvalue weighted by Crippen LogP contribution is 2.35. The molecule has 13 heteroatoms. The van der Waals surface area contributed by atoms with Gasteiger partial charge in [-0.15, -0.1) is 0 Å². The molecule has 0 bridgehead atoms. The summed E-state index contributed by atoms with van der Waals surface area (Å²) in [4.78, 5) is 27.5. The van der Waals surface area contributed by atoms with E-state index in [-0.39, 0.29) is 23.7 Å². The number of hydrogen-bond acceptors (Lipinski definition) is 8. The van der Waals surface area contributed by atoms with Crippen molar-refractivity contribution in [3.63, 3.8) is 0 Å². The van der Waals surface area contributed by atoms with Gasteiger partial charge in [0, 0.05) is 24.8 Å². The van der Waals surface area contributed by atoms with Crippen molar-refractivity contribution >= 4 is 16.4 Å². The number of nitrogens with zero attached hydrogens (tertiary/aromatic N) is 1. The number of aromatic nitrogens is 2. The van der Waals surface area contributed by atoms with E-state index in [0.29, 0.717) is 25.3 Å². The summed E-state index contributed by atoms with van der Waals surface area (Å²) in [6, 6.07) is 0.404. The highest BCUT2D eigenvalue weighted by Gasteiger charge is 2.52. The lowest BCUT2D eigenvalue weighted by molar-refractivity contribution is -0.621. The Balaban J connectivity index is 1.61. The third-order valence-corrected chi connectivity index (χ3v) is 6.25. The van der Waals surface area contributed by atoms with Gasteiger partial charge in [0.25, 0.3) is 5.56 Å². The number of aliphatic hydroxyl groups excluding tert-OH is 1. The maximum atomic E-state index is 11.5. The summed E-state index contributed by atoms with van der Waals surface area (Å²) in [6.45, 7) is 2.42. The van der Waals surface area contributed by atoms with Crippen molar-refractivity contribution in [3.8, 4) is 0 Å². The molecule has 28 heavy (non-hydrogen) atoms. The van der Waals surface area contributed by atoms with E-state index in [2.05, 4.69) is 25.2 Å². The van der Waals surface area contributed by atoms with Crippen LogP contribution in [0.4, 0.5) is 0 Å². The van der Waals surface area contributed by atoms with Gasteiger partial charge in [0.15, 0.2) is 0 Å². The van der Waals surface area contributed by atoms with Crippen LogP contribution in [0.2, 0.25) is 0 Å². The third kappa shape index (κ3) is 3.45. The van der Waals surface area contributed by atoms with E-state index in [0.717, 1.165) is 6.07 Å². The van der Waals surface area contributed by atoms with Crippen LogP contribution in [0.5, 0.6) is 0 Å². The van der Waals surface area contributed by atoms with Gasteiger partial charge in [-0.05, 0) is 0 Å². The minimum absolute atomic E-state index is 0.0366. The van der Waals surface area contributed by atoms with Crippen LogP contribution in [0.15, 0.2) is 15.7 Å². The number of H-pyrrole nitrogens is 2. The molecule has 6 N–H and O–H groups in total. The summed E-state index contributed by atoms with van der Waals surface area (Å²) < 4.78 is 38.5. The topological polar surface area (TPSA) is 177 Å². The maximum Gasteiger partial charge on any atom is 0.397 e. The van der Waals surface area contributed by atoms with Gasteiger partial charge in [0.05, 0.1) is 24.4 Å². The van der Waals surface area contributed by atoms with Crippen LogP contribution in [0.1, 0.15) is 31.6 Å². The molecule has 0 spiro atoms. The predicted molar refractivity (Wildman–Crippen MR) is 95.2 cm³/mol. The second-order valence-corrected chi connectivity index (χ2v) is 8.54. The molecule has 1 fully saturated rings. The molecular weight excluding hydrogens is 394 g/mol. The number of piperidine rings is 1. The van der Waals surface area contributed by atoms with Crippen LogP contribution >= 0.6 is 0 Å². The van der Waals surface area contributed by atoms with E-state index >= 15 is 0 Å². The molecule has 1 aromatic rings. The first-order valence-electron chi connectivity index (χ1n) is 8.95. The Kier molecular flexibility index (Phi) is 4.56. The number of aliphatic hydroxyl groups is 1. The van der Waals surface area contributed by atoms with Crippen molar-refractivity contribution < 1.29 is 26.8 Å². The monoisotopic (exact) mass is 416 g/mol. The molecule has 6 atom stereocenters. The molecule has 154 valence electrons. The first-order valence-corrected chi connectivity index (χ1v) is 10.3. The molecular formula is C15H22N5O7S+. The lowest BCUT2D eigenvalue weighted by atomic mass is 9.82. The third-order valence-electron chi connectivity index (χ3n) is 5.76. The fourth-order valence-corrected chi connectivity index (χ4v) is 5.08. The zero-order chi connectivity index (χ0) is 20.2. The first kappa shape index (κ1) is 19.1. The largest absolute Gasteiger partial charge is 0.397 e. The van der Waals surface area contributed by atoms with Crippen molar-refractivity contribution in [2.45, 2.75) is 50.1 Å². The normalized spacial score (nSPS) is 33.0. The number of nitrogens with one attached hydrogen (secondary N) is 4. The van der Waals surface area contributed by atoms with Gasteiger partial charge in [0.1, 0.15) is 18.2 Å². The van der Waals surface area contributed by atoms with Crippen molar-refractivity contribution in [3.05, 3.63) is 32.6 Å². The van der Waals surface area contributed by atoms with E-state index in [1.807, 2.05) is 6.92 Å². The van der Waals surface area contributed by atoms with Crippen LogP contribution in [-0.2, 0) is 14.6 Å². The molecule has 0 aromatic carbocycles. The second-order valence-electron chi connectivity index (χ2n) is 7.49. The van der Waals surface area contributed by atoms with Gasteiger partial charge >= 0.3 is 22.0 Å². The second kappa shape index (κ2) is 6.69. The van der Waals surface area contributed by atoms with Crippen LogP contribution in [-0.4, -0.2) is 69.4 Å². The highest BCUT2D eigenvalue weighted by molar-refractivity contribution is 7.80. The Bertz CT molecular complexity index is 1000. The molecule has 4 heterocycles. The summed E-state index contributed by atoms with van der Waals surface area (Å²) >= 11 is 0. The Hall–Kier alpha value is -2.22. The summed E-state index contributed by atoms with van der Waals surface area (Å²) in [5, 5.41) is 17.1. The molecule has 0 aliphatic carbocycles. The van der Waals surface area contributed by atoms with Crippen LogP contribution in [0, 0.1) is 5.92 Å². The van der Waals surface area contributed by atoms with Gasteiger partial charge in [0.2, 0.25) is 0 Å². The SMILES string of the molecule is C[C@@H]1C2CNC3=[N+]2[C@H](C[C@@H]1OS(=O)(=O)O)C[C@H]([C@H](O)c1cc(=O)[nH]c(=O)[nH]1)N3. The minimum atomic E-state index is -4.58. The first-order chi connectivity index (χ1) is 13.1. The number of aromatic amines is 2. The predicted octanol–water partition coefficient (Wildman–Crippen LogP) is -2.60. The van der Waals surface area contributed by atoms with E-state index < -0.39 is 39.9 Å². The van der Waals surface area contributed by atoms with E-state index in [9.17, 15) is 23.1 Å². The van der Waals surface area contributed by atoms with Gasteiger partial charge in [-0.1, -0.05) is 6.92 Å². The molecule has 12 nitrogen and oxygen atoms in total. The molecule has 0 saturated carbocycles. The van der Waals surface area contributed by atoms with Gasteiger partial charge in [-0.3, -0.25) is 29.5 Å². The van der Waals surface area contributed by atoms with Crippen LogP contribution < -0.4 is 21.9 Å². The zero-order valence-electron chi connectivity index (χ0n) is 15.0. The molecule has 0 amide bonds. The molecule has 1 aromatic heterocycles. The zero-order valence-corrected chi connectivity index (χ0v) is 15.8. The fraction of sp³-hybridized carbons (Fsp3) is 0.667. The summed E-state index contributed by atoms with van der Waals surface area (Å²) in [7, 11) is -4.58. The Morgan fingerprint density at radius 1 is 1.29 bits per heavy atom. The van der Waals surface area contributed by atoms with Crippen LogP contribution in [0.25, 0.3) is 0 Å². The average molecular weight is 416 g/mol. The van der Waals surface area contributed by atoms with E-state index in [1.165, 1.54) is 0 Å². The van der Waals surface area contributed by atoms with Crippen molar-refractivity contribution in [2.75, 3.05) is 6.54 Å². The molecule has 3 aliphatic rings. The molecule has 1 saturated heterocycles. The fourth-order valence-electron chi connectivity index (χ4n) is 4.51. The Morgan fingerprint density at radius 3 is 2.71 bits per heavy atom. The summed E-state index contributed by atoms with van der Waals surface area (Å²) in [5.74, 6) is 0.546. The molecule has 3 aliphatic heterocycles. The molecule has 0 radical (unpaired) electrons. The number of guanidine groups is 1. The van der Waals surface area contributed by atoms with Gasteiger partial charge in [-0.2, -0.15) is 8.42 Å². The average Bonchev–Trinajstić information content (AvgIpc) is 3.01. The summed E-state index contributed by atoms with van der Waals surface area (Å²) in [5.41, 5.74) is -1.24. The Labute approximate surface area is 159 Å². The van der Waals surface area contributed by atoms with Crippen molar-refractivity contribution in [1.29, 1.82) is 0 Å². The highest BCUT2D eigenvalue weighted by atomic mass is 32.3. The number of hydrogen-bond donors (Lipinski definition) is 6. The van der Waals surface area contributed by atoms with E-state index in [1.54, 1.807) is 0 Å². The lowest BCUT2D eigenvalue weighted by Gasteiger charge is -2.41. The Morgan fingerprint density at radius 2 is 2.04 bits per heavy atom. The quantitative estimate of drug-likeness (QED) is 0.227. The maximum absolute atomic E-state index is 11.5. The van der Waals surface area contributed by atoms with E-state index in [4.69, 9.17) is 8.74 Å². The van der Waals surface area contributed by atoms with Crippen molar-refractivity contribution in [1.82, 2.24) is 20.6 Å². The molecule has 4 rings (SSSR count). The number of rotatable bonds is 4. The van der Waals surface area contributed by atoms with Gasteiger partial charge in [-0.25, -0.2) is 8.98 Å². The standard InChI is InChI=1S/C15H21N5O7S/c1-6-10-5-16-14-17-8(13(22)9-4-12(21)19-15(23)18-9)2-7(20(10)14)3-11(6)27-28(24,25)26/h4,6-8,10-11,13,22H,2-3,5H2,1H3,(H4,16,17,18,19,21,23,24,25,26)/p+1/t6-,7+,8-,10?,11+,13+/m1/s1. The molecule has 1 unspecified atom stereocenters.